The minimum Gasteiger partial charge on any atom is -0.497 e. The second-order valence-electron chi connectivity index (χ2n) is 6.17. The standard InChI is InChI=1S/C18H22N2O3/c1-11(21)19-16-14-10-13(23-2)8-9-15(14)20-17(16)18(22)12-6-4-3-5-7-12/h8-10,12,20H,3-7H2,1-2H3,(H,19,21). The molecule has 1 aromatic heterocycles. The average molecular weight is 314 g/mol. The number of rotatable bonds is 4. The molecule has 0 bridgehead atoms. The zero-order chi connectivity index (χ0) is 16.4. The van der Waals surface area contributed by atoms with Crippen molar-refractivity contribution in [1.82, 2.24) is 4.98 Å². The predicted molar refractivity (Wildman–Crippen MR) is 90.1 cm³/mol. The van der Waals surface area contributed by atoms with Gasteiger partial charge in [-0.3, -0.25) is 9.59 Å². The van der Waals surface area contributed by atoms with Gasteiger partial charge in [0.1, 0.15) is 11.4 Å². The molecular formula is C18H22N2O3. The summed E-state index contributed by atoms with van der Waals surface area (Å²) >= 11 is 0. The first-order valence-electron chi connectivity index (χ1n) is 8.11. The van der Waals surface area contributed by atoms with E-state index in [-0.39, 0.29) is 17.6 Å². The number of Topliss-reactive ketones (excluding diaryl/α,β-unsaturated/α-hetero) is 1. The second kappa shape index (κ2) is 6.44. The summed E-state index contributed by atoms with van der Waals surface area (Å²) < 4.78 is 5.26. The maximum atomic E-state index is 12.9. The molecular weight excluding hydrogens is 292 g/mol. The summed E-state index contributed by atoms with van der Waals surface area (Å²) in [4.78, 5) is 27.7. The average Bonchev–Trinajstić information content (AvgIpc) is 2.92. The SMILES string of the molecule is COc1ccc2[nH]c(C(=O)C3CCCCC3)c(NC(C)=O)c2c1. The third-order valence-corrected chi connectivity index (χ3v) is 4.53. The van der Waals surface area contributed by atoms with Crippen molar-refractivity contribution >= 4 is 28.3 Å². The smallest absolute Gasteiger partial charge is 0.221 e. The molecule has 5 heteroatoms. The van der Waals surface area contributed by atoms with E-state index in [1.165, 1.54) is 13.3 Å². The number of fused-ring (bicyclic) bond motifs is 1. The van der Waals surface area contributed by atoms with E-state index in [4.69, 9.17) is 4.74 Å². The van der Waals surface area contributed by atoms with Gasteiger partial charge in [0.05, 0.1) is 12.8 Å². The van der Waals surface area contributed by atoms with Crippen LogP contribution in [-0.4, -0.2) is 23.8 Å². The topological polar surface area (TPSA) is 71.2 Å². The molecule has 1 aliphatic carbocycles. The van der Waals surface area contributed by atoms with Crippen LogP contribution in [0.2, 0.25) is 0 Å². The van der Waals surface area contributed by atoms with Gasteiger partial charge in [0, 0.05) is 23.7 Å². The number of amides is 1. The number of aromatic amines is 1. The van der Waals surface area contributed by atoms with Crippen LogP contribution in [0, 0.1) is 5.92 Å². The van der Waals surface area contributed by atoms with Crippen LogP contribution >= 0.6 is 0 Å². The summed E-state index contributed by atoms with van der Waals surface area (Å²) in [6.07, 6.45) is 5.25. The highest BCUT2D eigenvalue weighted by Crippen LogP contribution is 2.35. The molecule has 0 aliphatic heterocycles. The third-order valence-electron chi connectivity index (χ3n) is 4.53. The predicted octanol–water partition coefficient (Wildman–Crippen LogP) is 3.90. The van der Waals surface area contributed by atoms with Crippen molar-refractivity contribution in [3.8, 4) is 5.75 Å². The molecule has 0 unspecified atom stereocenters. The van der Waals surface area contributed by atoms with Crippen LogP contribution < -0.4 is 10.1 Å². The third kappa shape index (κ3) is 3.09. The first-order chi connectivity index (χ1) is 11.1. The molecule has 122 valence electrons. The van der Waals surface area contributed by atoms with Gasteiger partial charge in [-0.1, -0.05) is 19.3 Å². The summed E-state index contributed by atoms with van der Waals surface area (Å²) in [6, 6.07) is 5.55. The number of methoxy groups -OCH3 is 1. The Hall–Kier alpha value is -2.30. The number of benzene rings is 1. The van der Waals surface area contributed by atoms with E-state index in [0.29, 0.717) is 17.1 Å². The van der Waals surface area contributed by atoms with Crippen LogP contribution in [0.4, 0.5) is 5.69 Å². The van der Waals surface area contributed by atoms with Gasteiger partial charge in [-0.05, 0) is 31.0 Å². The molecule has 0 radical (unpaired) electrons. The zero-order valence-electron chi connectivity index (χ0n) is 13.6. The summed E-state index contributed by atoms with van der Waals surface area (Å²) in [6.45, 7) is 1.45. The summed E-state index contributed by atoms with van der Waals surface area (Å²) in [5.74, 6) is 0.654. The lowest BCUT2D eigenvalue weighted by Crippen LogP contribution is -2.20. The molecule has 2 aromatic rings. The fourth-order valence-electron chi connectivity index (χ4n) is 3.36. The Kier molecular flexibility index (Phi) is 4.37. The maximum absolute atomic E-state index is 12.9. The van der Waals surface area contributed by atoms with Crippen LogP contribution in [0.1, 0.15) is 49.5 Å². The number of anilines is 1. The first-order valence-corrected chi connectivity index (χ1v) is 8.11. The highest BCUT2D eigenvalue weighted by atomic mass is 16.5. The van der Waals surface area contributed by atoms with Gasteiger partial charge in [-0.25, -0.2) is 0 Å². The van der Waals surface area contributed by atoms with Gasteiger partial charge in [0.25, 0.3) is 0 Å². The number of H-pyrrole nitrogens is 1. The highest BCUT2D eigenvalue weighted by molar-refractivity contribution is 6.13. The number of hydrogen-bond acceptors (Lipinski definition) is 3. The van der Waals surface area contributed by atoms with E-state index in [2.05, 4.69) is 10.3 Å². The van der Waals surface area contributed by atoms with Gasteiger partial charge in [-0.2, -0.15) is 0 Å². The fraction of sp³-hybridized carbons (Fsp3) is 0.444. The maximum Gasteiger partial charge on any atom is 0.221 e. The number of carbonyl (C=O) groups is 2. The molecule has 1 heterocycles. The monoisotopic (exact) mass is 314 g/mol. The minimum atomic E-state index is -0.189. The lowest BCUT2D eigenvalue weighted by molar-refractivity contribution is -0.114. The van der Waals surface area contributed by atoms with Crippen molar-refractivity contribution in [3.63, 3.8) is 0 Å². The molecule has 3 rings (SSSR count). The fourth-order valence-corrected chi connectivity index (χ4v) is 3.36. The van der Waals surface area contributed by atoms with Gasteiger partial charge in [0.2, 0.25) is 5.91 Å². The lowest BCUT2D eigenvalue weighted by Gasteiger charge is -2.20. The van der Waals surface area contributed by atoms with Crippen molar-refractivity contribution in [2.75, 3.05) is 12.4 Å². The first kappa shape index (κ1) is 15.6. The van der Waals surface area contributed by atoms with Crippen molar-refractivity contribution in [2.45, 2.75) is 39.0 Å². The molecule has 23 heavy (non-hydrogen) atoms. The number of hydrogen-bond donors (Lipinski definition) is 2. The van der Waals surface area contributed by atoms with Gasteiger partial charge in [-0.15, -0.1) is 0 Å². The Morgan fingerprint density at radius 2 is 1.96 bits per heavy atom. The molecule has 1 aliphatic rings. The molecule has 1 saturated carbocycles. The van der Waals surface area contributed by atoms with Crippen LogP contribution in [0.15, 0.2) is 18.2 Å². The Bertz CT molecular complexity index is 742. The molecule has 0 spiro atoms. The second-order valence-corrected chi connectivity index (χ2v) is 6.17. The molecule has 1 aromatic carbocycles. The zero-order valence-corrected chi connectivity index (χ0v) is 13.6. The van der Waals surface area contributed by atoms with Gasteiger partial charge >= 0.3 is 0 Å². The van der Waals surface area contributed by atoms with E-state index in [9.17, 15) is 9.59 Å². The molecule has 5 nitrogen and oxygen atoms in total. The number of ketones is 1. The van der Waals surface area contributed by atoms with E-state index in [0.717, 1.165) is 36.6 Å². The number of aromatic nitrogens is 1. The van der Waals surface area contributed by atoms with E-state index < -0.39 is 0 Å². The van der Waals surface area contributed by atoms with Crippen LogP contribution in [0.3, 0.4) is 0 Å². The Morgan fingerprint density at radius 3 is 2.61 bits per heavy atom. The Labute approximate surface area is 135 Å². The van der Waals surface area contributed by atoms with E-state index in [1.54, 1.807) is 7.11 Å². The number of nitrogens with one attached hydrogen (secondary N) is 2. The highest BCUT2D eigenvalue weighted by Gasteiger charge is 2.27. The van der Waals surface area contributed by atoms with Gasteiger partial charge in [0.15, 0.2) is 5.78 Å². The normalized spacial score (nSPS) is 15.6. The van der Waals surface area contributed by atoms with E-state index in [1.807, 2.05) is 18.2 Å². The lowest BCUT2D eigenvalue weighted by atomic mass is 9.85. The molecule has 2 N–H and O–H groups in total. The molecule has 0 saturated heterocycles. The van der Waals surface area contributed by atoms with Crippen molar-refractivity contribution in [2.24, 2.45) is 5.92 Å². The van der Waals surface area contributed by atoms with Crippen molar-refractivity contribution < 1.29 is 14.3 Å². The summed E-state index contributed by atoms with van der Waals surface area (Å²) in [5.41, 5.74) is 1.91. The summed E-state index contributed by atoms with van der Waals surface area (Å²) in [7, 11) is 1.60. The molecule has 1 fully saturated rings. The quantitative estimate of drug-likeness (QED) is 0.841. The minimum absolute atomic E-state index is 0.0474. The Balaban J connectivity index is 2.06. The largest absolute Gasteiger partial charge is 0.497 e. The Morgan fingerprint density at radius 1 is 1.22 bits per heavy atom. The number of carbonyl (C=O) groups excluding carboxylic acids is 2. The van der Waals surface area contributed by atoms with Crippen molar-refractivity contribution in [3.05, 3.63) is 23.9 Å². The molecule has 1 amide bonds. The van der Waals surface area contributed by atoms with Crippen LogP contribution in [0.5, 0.6) is 5.75 Å². The van der Waals surface area contributed by atoms with Crippen LogP contribution in [-0.2, 0) is 4.79 Å². The molecule has 0 atom stereocenters. The van der Waals surface area contributed by atoms with Gasteiger partial charge < -0.3 is 15.0 Å². The number of ether oxygens (including phenoxy) is 1. The summed E-state index contributed by atoms with van der Waals surface area (Å²) in [5, 5.41) is 3.63. The van der Waals surface area contributed by atoms with Crippen LogP contribution in [0.25, 0.3) is 10.9 Å². The van der Waals surface area contributed by atoms with E-state index >= 15 is 0 Å². The van der Waals surface area contributed by atoms with Crippen molar-refractivity contribution in [1.29, 1.82) is 0 Å².